The van der Waals surface area contributed by atoms with Gasteiger partial charge in [-0.25, -0.2) is 18.2 Å². The largest absolute Gasteiger partial charge is 0.497 e. The average Bonchev–Trinajstić information content (AvgIpc) is 4.06. The van der Waals surface area contributed by atoms with Crippen LogP contribution in [-0.2, 0) is 24.4 Å². The minimum Gasteiger partial charge on any atom is -0.497 e. The number of carbonyl (C=O) groups is 4. The third-order valence-electron chi connectivity index (χ3n) is 11.5. The summed E-state index contributed by atoms with van der Waals surface area (Å²) in [7, 11) is -2.33. The minimum atomic E-state index is -3.91. The Bertz CT molecular complexity index is 2170. The summed E-state index contributed by atoms with van der Waals surface area (Å²) in [6, 6.07) is 14.3. The van der Waals surface area contributed by atoms with E-state index in [0.717, 1.165) is 31.2 Å². The van der Waals surface area contributed by atoms with Gasteiger partial charge >= 0.3 is 6.03 Å². The predicted molar refractivity (Wildman–Crippen MR) is 215 cm³/mol. The molecule has 5 atom stereocenters. The van der Waals surface area contributed by atoms with E-state index in [1.54, 1.807) is 13.2 Å². The molecular formula is C42H52N6O8S. The molecule has 0 unspecified atom stereocenters. The number of fused-ring (bicyclic) bond motifs is 1. The number of sulfonamides is 1. The van der Waals surface area contributed by atoms with Gasteiger partial charge < -0.3 is 30.3 Å². The van der Waals surface area contributed by atoms with Crippen molar-refractivity contribution in [2.24, 2.45) is 11.3 Å². The smallest absolute Gasteiger partial charge is 0.315 e. The van der Waals surface area contributed by atoms with Gasteiger partial charge in [-0.2, -0.15) is 0 Å². The number of carbonyl (C=O) groups excluding carboxylic acids is 4. The summed E-state index contributed by atoms with van der Waals surface area (Å²) in [5, 5.41) is 8.79. The molecule has 14 nitrogen and oxygen atoms in total. The van der Waals surface area contributed by atoms with Crippen LogP contribution in [0.2, 0.25) is 0 Å². The number of ether oxygens (including phenoxy) is 2. The van der Waals surface area contributed by atoms with E-state index in [2.05, 4.69) is 27.3 Å². The van der Waals surface area contributed by atoms with Crippen LogP contribution in [0, 0.1) is 11.3 Å². The highest BCUT2D eigenvalue weighted by Gasteiger charge is 2.62. The van der Waals surface area contributed by atoms with Gasteiger partial charge in [0.05, 0.1) is 30.1 Å². The Morgan fingerprint density at radius 2 is 1.74 bits per heavy atom. The normalized spacial score (nSPS) is 24.0. The summed E-state index contributed by atoms with van der Waals surface area (Å²) in [4.78, 5) is 62.5. The molecule has 1 aliphatic heterocycles. The number of hydrogen-bond acceptors (Lipinski definition) is 9. The molecule has 304 valence electrons. The molecule has 1 saturated heterocycles. The third-order valence-corrected chi connectivity index (χ3v) is 13.3. The molecule has 4 fully saturated rings. The van der Waals surface area contributed by atoms with Crippen molar-refractivity contribution in [1.82, 2.24) is 30.6 Å². The maximum Gasteiger partial charge on any atom is 0.315 e. The molecule has 3 aromatic rings. The molecular weight excluding hydrogens is 749 g/mol. The van der Waals surface area contributed by atoms with E-state index in [9.17, 15) is 27.6 Å². The number of urea groups is 1. The first-order valence-corrected chi connectivity index (χ1v) is 21.3. The quantitative estimate of drug-likeness (QED) is 0.180. The number of nitrogens with zero attached hydrogens (tertiary/aromatic N) is 2. The lowest BCUT2D eigenvalue weighted by Gasteiger charge is -2.35. The van der Waals surface area contributed by atoms with Gasteiger partial charge in [0.2, 0.25) is 21.8 Å². The van der Waals surface area contributed by atoms with Gasteiger partial charge in [-0.1, -0.05) is 70.0 Å². The zero-order valence-electron chi connectivity index (χ0n) is 32.9. The molecule has 3 saturated carbocycles. The number of rotatable bonds is 13. The van der Waals surface area contributed by atoms with Gasteiger partial charge in [0, 0.05) is 41.5 Å². The molecule has 0 radical (unpaired) electrons. The van der Waals surface area contributed by atoms with Crippen LogP contribution in [0.15, 0.2) is 67.3 Å². The Labute approximate surface area is 333 Å². The summed E-state index contributed by atoms with van der Waals surface area (Å²) in [6.45, 7) is 9.30. The van der Waals surface area contributed by atoms with Crippen molar-refractivity contribution in [3.8, 4) is 22.8 Å². The van der Waals surface area contributed by atoms with Crippen LogP contribution in [0.25, 0.3) is 22.2 Å². The first kappa shape index (κ1) is 40.0. The van der Waals surface area contributed by atoms with E-state index in [1.807, 2.05) is 69.3 Å². The molecule has 4 aliphatic rings. The average molecular weight is 801 g/mol. The maximum atomic E-state index is 14.8. The van der Waals surface area contributed by atoms with Gasteiger partial charge in [-0.15, -0.1) is 6.58 Å². The van der Waals surface area contributed by atoms with E-state index in [-0.39, 0.29) is 25.4 Å². The van der Waals surface area contributed by atoms with Crippen molar-refractivity contribution in [2.45, 2.75) is 107 Å². The summed E-state index contributed by atoms with van der Waals surface area (Å²) in [5.74, 6) is -1.39. The molecule has 0 bridgehead atoms. The van der Waals surface area contributed by atoms with Crippen LogP contribution < -0.4 is 30.1 Å². The molecule has 7 rings (SSSR count). The van der Waals surface area contributed by atoms with Gasteiger partial charge in [-0.3, -0.25) is 19.1 Å². The molecule has 15 heteroatoms. The van der Waals surface area contributed by atoms with E-state index >= 15 is 0 Å². The van der Waals surface area contributed by atoms with Crippen molar-refractivity contribution < 1.29 is 37.1 Å². The van der Waals surface area contributed by atoms with Crippen molar-refractivity contribution >= 4 is 44.7 Å². The minimum absolute atomic E-state index is 0.0159. The van der Waals surface area contributed by atoms with E-state index in [0.29, 0.717) is 40.9 Å². The van der Waals surface area contributed by atoms with Crippen LogP contribution >= 0.6 is 0 Å². The SMILES string of the molecule is C=C[C@@H]1C[C@]1(NC(=O)[C@@H]1C[C@@H](Oc2cc(-c3ccccc3)nc3cc(OC)ccc23)CN1C(=O)[C@@H](NC(=O)NC1CCCC1)C(C)(C)C)C(=O)NS(=O)(=O)C1CC1. The maximum absolute atomic E-state index is 14.8. The highest BCUT2D eigenvalue weighted by atomic mass is 32.2. The van der Waals surface area contributed by atoms with Gasteiger partial charge in [0.25, 0.3) is 5.91 Å². The highest BCUT2D eigenvalue weighted by Crippen LogP contribution is 2.46. The lowest BCUT2D eigenvalue weighted by atomic mass is 9.85. The van der Waals surface area contributed by atoms with Crippen LogP contribution in [0.5, 0.6) is 11.5 Å². The second kappa shape index (κ2) is 15.6. The zero-order valence-corrected chi connectivity index (χ0v) is 33.7. The molecule has 2 heterocycles. The second-order valence-electron chi connectivity index (χ2n) is 16.8. The number of aromatic nitrogens is 1. The van der Waals surface area contributed by atoms with Crippen molar-refractivity contribution in [1.29, 1.82) is 0 Å². The van der Waals surface area contributed by atoms with Gasteiger partial charge in [-0.05, 0) is 49.7 Å². The molecule has 4 N–H and O–H groups in total. The molecule has 1 aromatic heterocycles. The van der Waals surface area contributed by atoms with Crippen molar-refractivity contribution in [3.05, 3.63) is 67.3 Å². The number of likely N-dealkylation sites (tertiary alicyclic amines) is 1. The molecule has 2 aromatic carbocycles. The summed E-state index contributed by atoms with van der Waals surface area (Å²) < 4.78 is 40.0. The Kier molecular flexibility index (Phi) is 11.0. The number of pyridine rings is 1. The predicted octanol–water partition coefficient (Wildman–Crippen LogP) is 4.58. The highest BCUT2D eigenvalue weighted by molar-refractivity contribution is 7.91. The van der Waals surface area contributed by atoms with Crippen molar-refractivity contribution in [3.63, 3.8) is 0 Å². The Balaban J connectivity index is 1.20. The number of benzene rings is 2. The molecule has 3 aliphatic carbocycles. The number of amides is 5. The first-order valence-electron chi connectivity index (χ1n) is 19.7. The Morgan fingerprint density at radius 3 is 2.37 bits per heavy atom. The fraction of sp³-hybridized carbons (Fsp3) is 0.500. The van der Waals surface area contributed by atoms with E-state index in [4.69, 9.17) is 14.5 Å². The number of hydrogen-bond donors (Lipinski definition) is 4. The van der Waals surface area contributed by atoms with Gasteiger partial charge in [0.1, 0.15) is 35.2 Å². The summed E-state index contributed by atoms with van der Waals surface area (Å²) >= 11 is 0. The van der Waals surface area contributed by atoms with Crippen LogP contribution in [-0.4, -0.2) is 90.7 Å². The standard InChI is InChI=1S/C42H52N6O8S/c1-6-26-23-42(26,39(51)47-57(53,54)30-17-18-30)46-37(49)34-21-29(24-48(34)38(50)36(41(2,3)4)45-40(52)43-27-14-10-11-15-27)56-35-22-32(25-12-8-7-9-13-25)44-33-20-28(55-5)16-19-31(33)35/h6-9,12-13,16,19-20,22,26-27,29-30,34,36H,1,10-11,14-15,17-18,21,23-24H2,2-5H3,(H,46,49)(H,47,51)(H2,43,45,52)/t26-,29-,34+,36-,42-/m1/s1. The number of nitrogens with one attached hydrogen (secondary N) is 4. The van der Waals surface area contributed by atoms with Gasteiger partial charge in [0.15, 0.2) is 0 Å². The first-order chi connectivity index (χ1) is 27.1. The number of methoxy groups -OCH3 is 1. The van der Waals surface area contributed by atoms with Crippen LogP contribution in [0.1, 0.15) is 72.1 Å². The second-order valence-corrected chi connectivity index (χ2v) is 18.8. The molecule has 0 spiro atoms. The van der Waals surface area contributed by atoms with Crippen molar-refractivity contribution in [2.75, 3.05) is 13.7 Å². The fourth-order valence-electron chi connectivity index (χ4n) is 7.97. The van der Waals surface area contributed by atoms with Crippen LogP contribution in [0.3, 0.4) is 0 Å². The Hall–Kier alpha value is -5.18. The summed E-state index contributed by atoms with van der Waals surface area (Å²) in [6.07, 6.45) is 5.68. The monoisotopic (exact) mass is 800 g/mol. The third kappa shape index (κ3) is 8.58. The zero-order chi connectivity index (χ0) is 40.7. The fourth-order valence-corrected chi connectivity index (χ4v) is 9.34. The summed E-state index contributed by atoms with van der Waals surface area (Å²) in [5.41, 5.74) is -0.194. The molecule has 5 amide bonds. The lowest BCUT2D eigenvalue weighted by Crippen LogP contribution is -2.61. The lowest BCUT2D eigenvalue weighted by molar-refractivity contribution is -0.142. The van der Waals surface area contributed by atoms with E-state index in [1.165, 1.54) is 11.0 Å². The van der Waals surface area contributed by atoms with Crippen LogP contribution in [0.4, 0.5) is 4.79 Å². The van der Waals surface area contributed by atoms with E-state index < -0.39 is 74.1 Å². The Morgan fingerprint density at radius 1 is 1.02 bits per heavy atom. The molecule has 57 heavy (non-hydrogen) atoms. The topological polar surface area (TPSA) is 185 Å².